The van der Waals surface area contributed by atoms with Crippen LogP contribution >= 0.6 is 0 Å². The highest BCUT2D eigenvalue weighted by Crippen LogP contribution is 2.10. The normalized spacial score (nSPS) is 21.0. The quantitative estimate of drug-likeness (QED) is 0.697. The maximum atomic E-state index is 12.3. The number of nitrogens with one attached hydrogen (secondary N) is 2. The van der Waals surface area contributed by atoms with Gasteiger partial charge in [0.05, 0.1) is 6.42 Å². The van der Waals surface area contributed by atoms with Crippen molar-refractivity contribution in [1.29, 1.82) is 0 Å². The first-order chi connectivity index (χ1) is 12.1. The van der Waals surface area contributed by atoms with Gasteiger partial charge in [-0.15, -0.1) is 0 Å². The molecule has 0 bridgehead atoms. The van der Waals surface area contributed by atoms with Gasteiger partial charge in [-0.1, -0.05) is 18.2 Å². The lowest BCUT2D eigenvalue weighted by molar-refractivity contribution is -0.135. The Labute approximate surface area is 146 Å². The molecule has 25 heavy (non-hydrogen) atoms. The molecule has 2 aliphatic rings. The molecule has 0 spiro atoms. The summed E-state index contributed by atoms with van der Waals surface area (Å²) in [4.78, 5) is 38.8. The van der Waals surface area contributed by atoms with Crippen LogP contribution in [0.5, 0.6) is 5.75 Å². The Morgan fingerprint density at radius 3 is 2.48 bits per heavy atom. The zero-order valence-electron chi connectivity index (χ0n) is 13.9. The molecule has 134 valence electrons. The van der Waals surface area contributed by atoms with E-state index in [1.54, 1.807) is 4.90 Å². The summed E-state index contributed by atoms with van der Waals surface area (Å²) in [6.45, 7) is 4.18. The monoisotopic (exact) mass is 346 g/mol. The minimum absolute atomic E-state index is 0.00862. The van der Waals surface area contributed by atoms with E-state index >= 15 is 0 Å². The molecule has 0 aromatic heterocycles. The molecule has 0 saturated carbocycles. The van der Waals surface area contributed by atoms with Crippen molar-refractivity contribution in [2.24, 2.45) is 0 Å². The number of amides is 4. The van der Waals surface area contributed by atoms with Crippen molar-refractivity contribution in [3.05, 3.63) is 30.3 Å². The number of hydrogen-bond acceptors (Lipinski definition) is 5. The van der Waals surface area contributed by atoms with E-state index < -0.39 is 18.0 Å². The Balaban J connectivity index is 1.36. The zero-order chi connectivity index (χ0) is 17.6. The van der Waals surface area contributed by atoms with Crippen molar-refractivity contribution in [3.63, 3.8) is 0 Å². The average Bonchev–Trinajstić information content (AvgIpc) is 2.93. The van der Waals surface area contributed by atoms with Crippen LogP contribution in [-0.2, 0) is 9.59 Å². The number of carbonyl (C=O) groups is 3. The lowest BCUT2D eigenvalue weighted by Gasteiger charge is -2.35. The van der Waals surface area contributed by atoms with Gasteiger partial charge in [-0.05, 0) is 12.1 Å². The third-order valence-corrected chi connectivity index (χ3v) is 4.38. The molecule has 0 unspecified atom stereocenters. The summed E-state index contributed by atoms with van der Waals surface area (Å²) in [6.07, 6.45) is 0.00862. The van der Waals surface area contributed by atoms with Crippen LogP contribution in [0.2, 0.25) is 0 Å². The molecule has 2 N–H and O–H groups in total. The van der Waals surface area contributed by atoms with Gasteiger partial charge in [0.2, 0.25) is 5.91 Å². The Hall–Kier alpha value is -2.61. The lowest BCUT2D eigenvalue weighted by atomic mass is 10.1. The summed E-state index contributed by atoms with van der Waals surface area (Å²) < 4.78 is 5.69. The summed E-state index contributed by atoms with van der Waals surface area (Å²) in [7, 11) is 0. The molecule has 2 aliphatic heterocycles. The number of para-hydroxylation sites is 1. The molecule has 3 rings (SSSR count). The van der Waals surface area contributed by atoms with E-state index in [4.69, 9.17) is 4.74 Å². The highest BCUT2D eigenvalue weighted by atomic mass is 16.5. The van der Waals surface area contributed by atoms with Gasteiger partial charge in [-0.25, -0.2) is 4.79 Å². The molecular weight excluding hydrogens is 324 g/mol. The van der Waals surface area contributed by atoms with Crippen LogP contribution in [0.4, 0.5) is 4.79 Å². The van der Waals surface area contributed by atoms with Gasteiger partial charge in [0.25, 0.3) is 5.91 Å². The van der Waals surface area contributed by atoms with Crippen LogP contribution < -0.4 is 15.4 Å². The smallest absolute Gasteiger partial charge is 0.322 e. The maximum Gasteiger partial charge on any atom is 0.322 e. The van der Waals surface area contributed by atoms with Crippen LogP contribution in [0.1, 0.15) is 6.42 Å². The highest BCUT2D eigenvalue weighted by Gasteiger charge is 2.33. The minimum atomic E-state index is -0.752. The van der Waals surface area contributed by atoms with Crippen LogP contribution in [0.15, 0.2) is 30.3 Å². The fraction of sp³-hybridized carbons (Fsp3) is 0.471. The Kier molecular flexibility index (Phi) is 5.49. The Morgan fingerprint density at radius 1 is 1.12 bits per heavy atom. The molecule has 1 atom stereocenters. The molecule has 0 radical (unpaired) electrons. The summed E-state index contributed by atoms with van der Waals surface area (Å²) >= 11 is 0. The summed E-state index contributed by atoms with van der Waals surface area (Å²) in [5.41, 5.74) is 0. The number of hydrogen-bond donors (Lipinski definition) is 2. The lowest BCUT2D eigenvalue weighted by Crippen LogP contribution is -2.50. The molecule has 1 aromatic rings. The fourth-order valence-electron chi connectivity index (χ4n) is 2.94. The topological polar surface area (TPSA) is 91.0 Å². The van der Waals surface area contributed by atoms with E-state index in [0.29, 0.717) is 19.7 Å². The van der Waals surface area contributed by atoms with E-state index in [1.807, 2.05) is 30.3 Å². The number of ether oxygens (including phenoxy) is 1. The molecule has 0 aliphatic carbocycles. The van der Waals surface area contributed by atoms with E-state index in [2.05, 4.69) is 15.5 Å². The summed E-state index contributed by atoms with van der Waals surface area (Å²) in [5, 5.41) is 4.59. The Bertz CT molecular complexity index is 629. The first kappa shape index (κ1) is 17.2. The molecule has 2 fully saturated rings. The minimum Gasteiger partial charge on any atom is -0.492 e. The average molecular weight is 346 g/mol. The van der Waals surface area contributed by atoms with Gasteiger partial charge in [-0.2, -0.15) is 0 Å². The molecule has 4 amide bonds. The van der Waals surface area contributed by atoms with Crippen LogP contribution in [0.25, 0.3) is 0 Å². The van der Waals surface area contributed by atoms with Crippen LogP contribution in [0.3, 0.4) is 0 Å². The molecule has 1 aromatic carbocycles. The van der Waals surface area contributed by atoms with Gasteiger partial charge in [0.1, 0.15) is 18.4 Å². The van der Waals surface area contributed by atoms with Crippen LogP contribution in [0, 0.1) is 0 Å². The first-order valence-electron chi connectivity index (χ1n) is 8.41. The van der Waals surface area contributed by atoms with Gasteiger partial charge < -0.3 is 15.0 Å². The molecule has 8 nitrogen and oxygen atoms in total. The van der Waals surface area contributed by atoms with Gasteiger partial charge in [0.15, 0.2) is 0 Å². The first-order valence-corrected chi connectivity index (χ1v) is 8.41. The van der Waals surface area contributed by atoms with Crippen LogP contribution in [-0.4, -0.2) is 73.0 Å². The van der Waals surface area contributed by atoms with E-state index in [-0.39, 0.29) is 12.3 Å². The number of benzene rings is 1. The number of piperazine rings is 1. The second-order valence-electron chi connectivity index (χ2n) is 6.10. The van der Waals surface area contributed by atoms with Crippen molar-refractivity contribution in [3.8, 4) is 5.75 Å². The van der Waals surface area contributed by atoms with Crippen molar-refractivity contribution in [1.82, 2.24) is 20.4 Å². The van der Waals surface area contributed by atoms with E-state index in [0.717, 1.165) is 25.4 Å². The number of imide groups is 1. The molecule has 8 heteroatoms. The largest absolute Gasteiger partial charge is 0.492 e. The molecule has 2 saturated heterocycles. The number of urea groups is 1. The fourth-order valence-corrected chi connectivity index (χ4v) is 2.94. The van der Waals surface area contributed by atoms with Gasteiger partial charge in [-0.3, -0.25) is 19.8 Å². The second-order valence-corrected chi connectivity index (χ2v) is 6.10. The maximum absolute atomic E-state index is 12.3. The van der Waals surface area contributed by atoms with E-state index in [9.17, 15) is 14.4 Å². The number of rotatable bonds is 6. The molecule has 2 heterocycles. The van der Waals surface area contributed by atoms with Gasteiger partial charge in [0, 0.05) is 32.7 Å². The highest BCUT2D eigenvalue weighted by molar-refractivity contribution is 6.05. The standard InChI is InChI=1S/C17H22N4O4/c22-15(12-14-16(23)19-17(24)18-14)21-8-6-20(7-9-21)10-11-25-13-4-2-1-3-5-13/h1-5,14H,6-12H2,(H2,18,19,23,24)/t14-/m1/s1. The molecular formula is C17H22N4O4. The van der Waals surface area contributed by atoms with Crippen molar-refractivity contribution in [2.45, 2.75) is 12.5 Å². The predicted molar refractivity (Wildman–Crippen MR) is 90.0 cm³/mol. The number of carbonyl (C=O) groups excluding carboxylic acids is 3. The SMILES string of the molecule is O=C1NC(=O)[C@@H](CC(=O)N2CCN(CCOc3ccccc3)CC2)N1. The predicted octanol–water partition coefficient (Wildman–Crippen LogP) is -0.192. The Morgan fingerprint density at radius 2 is 1.84 bits per heavy atom. The summed E-state index contributed by atoms with van der Waals surface area (Å²) in [5.74, 6) is 0.311. The van der Waals surface area contributed by atoms with Crippen molar-refractivity contribution < 1.29 is 19.1 Å². The van der Waals surface area contributed by atoms with Crippen molar-refractivity contribution >= 4 is 17.8 Å². The number of nitrogens with zero attached hydrogens (tertiary/aromatic N) is 2. The van der Waals surface area contributed by atoms with Crippen molar-refractivity contribution in [2.75, 3.05) is 39.3 Å². The third-order valence-electron chi connectivity index (χ3n) is 4.38. The van der Waals surface area contributed by atoms with E-state index in [1.165, 1.54) is 0 Å². The third kappa shape index (κ3) is 4.69. The van der Waals surface area contributed by atoms with Gasteiger partial charge >= 0.3 is 6.03 Å². The zero-order valence-corrected chi connectivity index (χ0v) is 13.9. The summed E-state index contributed by atoms with van der Waals surface area (Å²) in [6, 6.07) is 8.38. The second kappa shape index (κ2) is 7.98.